The normalized spacial score (nSPS) is 34.0. The zero-order valence-corrected chi connectivity index (χ0v) is 13.0. The van der Waals surface area contributed by atoms with Gasteiger partial charge in [0, 0.05) is 23.6 Å². The fraction of sp³-hybridized carbons (Fsp3) is 0.625. The van der Waals surface area contributed by atoms with E-state index in [1.807, 2.05) is 6.92 Å². The minimum absolute atomic E-state index is 0.00540. The SMILES string of the molecule is CCOC(=O)C1CC12CC1CC[C@H]2N1c1ccc([N+](=O)[O-])cn1. The van der Waals surface area contributed by atoms with E-state index < -0.39 is 4.92 Å². The van der Waals surface area contributed by atoms with Crippen molar-refractivity contribution in [1.82, 2.24) is 4.98 Å². The topological polar surface area (TPSA) is 85.6 Å². The lowest BCUT2D eigenvalue weighted by Crippen LogP contribution is -2.33. The molecule has 2 saturated heterocycles. The van der Waals surface area contributed by atoms with Crippen LogP contribution in [0.25, 0.3) is 0 Å². The second-order valence-corrected chi connectivity index (χ2v) is 6.73. The molecule has 0 radical (unpaired) electrons. The number of anilines is 1. The second kappa shape index (κ2) is 4.91. The van der Waals surface area contributed by atoms with Crippen LogP contribution in [0, 0.1) is 21.4 Å². The number of aromatic nitrogens is 1. The van der Waals surface area contributed by atoms with Crippen LogP contribution in [0.4, 0.5) is 11.5 Å². The molecule has 1 saturated carbocycles. The Kier molecular flexibility index (Phi) is 3.08. The number of pyridine rings is 1. The number of rotatable bonds is 4. The number of carbonyl (C=O) groups is 1. The van der Waals surface area contributed by atoms with Gasteiger partial charge in [-0.25, -0.2) is 4.98 Å². The Hall–Kier alpha value is -2.18. The number of fused-ring (bicyclic) bond motifs is 3. The first-order valence-electron chi connectivity index (χ1n) is 8.12. The minimum atomic E-state index is -0.436. The first-order valence-corrected chi connectivity index (χ1v) is 8.12. The molecule has 7 nitrogen and oxygen atoms in total. The quantitative estimate of drug-likeness (QED) is 0.481. The van der Waals surface area contributed by atoms with E-state index in [0.29, 0.717) is 18.7 Å². The van der Waals surface area contributed by atoms with Gasteiger partial charge in [0.15, 0.2) is 0 Å². The van der Waals surface area contributed by atoms with E-state index in [4.69, 9.17) is 4.74 Å². The number of nitrogens with zero attached hydrogens (tertiary/aromatic N) is 3. The van der Waals surface area contributed by atoms with Gasteiger partial charge >= 0.3 is 5.97 Å². The van der Waals surface area contributed by atoms with Gasteiger partial charge in [0.2, 0.25) is 0 Å². The second-order valence-electron chi connectivity index (χ2n) is 6.73. The Morgan fingerprint density at radius 2 is 2.30 bits per heavy atom. The maximum absolute atomic E-state index is 12.1. The highest BCUT2D eigenvalue weighted by molar-refractivity contribution is 5.78. The highest BCUT2D eigenvalue weighted by Gasteiger charge is 2.71. The summed E-state index contributed by atoms with van der Waals surface area (Å²) in [6.07, 6.45) is 5.37. The molecule has 3 aliphatic rings. The summed E-state index contributed by atoms with van der Waals surface area (Å²) in [6.45, 7) is 2.26. The number of carbonyl (C=O) groups excluding carboxylic acids is 1. The molecule has 1 aromatic rings. The molecule has 2 aliphatic heterocycles. The van der Waals surface area contributed by atoms with Crippen LogP contribution in [0.2, 0.25) is 0 Å². The highest BCUT2D eigenvalue weighted by atomic mass is 16.6. The van der Waals surface area contributed by atoms with Crippen molar-refractivity contribution in [3.05, 3.63) is 28.4 Å². The number of nitro groups is 1. The average molecular weight is 317 g/mol. The molecule has 3 fully saturated rings. The Labute approximate surface area is 133 Å². The van der Waals surface area contributed by atoms with E-state index in [2.05, 4.69) is 9.88 Å². The third kappa shape index (κ3) is 2.02. The molecule has 1 spiro atoms. The fourth-order valence-electron chi connectivity index (χ4n) is 4.68. The maximum Gasteiger partial charge on any atom is 0.309 e. The van der Waals surface area contributed by atoms with Gasteiger partial charge in [-0.15, -0.1) is 0 Å². The van der Waals surface area contributed by atoms with Gasteiger partial charge in [0.1, 0.15) is 12.0 Å². The Balaban J connectivity index is 1.56. The van der Waals surface area contributed by atoms with Crippen molar-refractivity contribution < 1.29 is 14.5 Å². The summed E-state index contributed by atoms with van der Waals surface area (Å²) in [7, 11) is 0. The molecule has 1 aliphatic carbocycles. The van der Waals surface area contributed by atoms with E-state index in [1.165, 1.54) is 12.3 Å². The van der Waals surface area contributed by atoms with Crippen molar-refractivity contribution in [2.24, 2.45) is 11.3 Å². The van der Waals surface area contributed by atoms with Gasteiger partial charge < -0.3 is 9.64 Å². The van der Waals surface area contributed by atoms with Crippen molar-refractivity contribution in [2.45, 2.75) is 44.7 Å². The van der Waals surface area contributed by atoms with Gasteiger partial charge in [-0.1, -0.05) is 0 Å². The third-order valence-electron chi connectivity index (χ3n) is 5.68. The van der Waals surface area contributed by atoms with E-state index in [9.17, 15) is 14.9 Å². The molecule has 7 heteroatoms. The third-order valence-corrected chi connectivity index (χ3v) is 5.68. The minimum Gasteiger partial charge on any atom is -0.466 e. The van der Waals surface area contributed by atoms with Crippen LogP contribution in [0.1, 0.15) is 32.6 Å². The standard InChI is InChI=1S/C16H19N3O4/c1-2-23-15(20)12-8-16(12)7-10-3-5-13(16)18(10)14-6-4-11(9-17-14)19(21)22/h4,6,9-10,12-13H,2-3,5,7-8H2,1H3/t10?,12?,13-,16?/m1/s1. The molecule has 2 bridgehead atoms. The van der Waals surface area contributed by atoms with Crippen LogP contribution >= 0.6 is 0 Å². The zero-order valence-electron chi connectivity index (χ0n) is 13.0. The van der Waals surface area contributed by atoms with Crippen molar-refractivity contribution in [1.29, 1.82) is 0 Å². The van der Waals surface area contributed by atoms with Crippen molar-refractivity contribution in [2.75, 3.05) is 11.5 Å². The Morgan fingerprint density at radius 3 is 2.96 bits per heavy atom. The molecular weight excluding hydrogens is 298 g/mol. The lowest BCUT2D eigenvalue weighted by Gasteiger charge is -2.25. The highest BCUT2D eigenvalue weighted by Crippen LogP contribution is 2.68. The maximum atomic E-state index is 12.1. The van der Waals surface area contributed by atoms with Crippen LogP contribution in [-0.2, 0) is 9.53 Å². The van der Waals surface area contributed by atoms with E-state index in [-0.39, 0.29) is 23.0 Å². The molecule has 0 aromatic carbocycles. The summed E-state index contributed by atoms with van der Waals surface area (Å²) in [5.41, 5.74) is 0.0457. The summed E-state index contributed by atoms with van der Waals surface area (Å²) >= 11 is 0. The van der Waals surface area contributed by atoms with Gasteiger partial charge in [0.25, 0.3) is 5.69 Å². The smallest absolute Gasteiger partial charge is 0.309 e. The molecule has 23 heavy (non-hydrogen) atoms. The molecule has 3 heterocycles. The predicted molar refractivity (Wildman–Crippen MR) is 82.0 cm³/mol. The van der Waals surface area contributed by atoms with Crippen LogP contribution in [0.15, 0.2) is 18.3 Å². The largest absolute Gasteiger partial charge is 0.466 e. The molecule has 1 aromatic heterocycles. The lowest BCUT2D eigenvalue weighted by atomic mass is 9.84. The summed E-state index contributed by atoms with van der Waals surface area (Å²) in [6, 6.07) is 3.91. The van der Waals surface area contributed by atoms with E-state index in [0.717, 1.165) is 31.5 Å². The van der Waals surface area contributed by atoms with Crippen LogP contribution in [-0.4, -0.2) is 34.6 Å². The van der Waals surface area contributed by atoms with Crippen molar-refractivity contribution >= 4 is 17.5 Å². The molecule has 0 N–H and O–H groups in total. The van der Waals surface area contributed by atoms with E-state index >= 15 is 0 Å². The number of ether oxygens (including phenoxy) is 1. The molecule has 0 amide bonds. The Morgan fingerprint density at radius 1 is 1.48 bits per heavy atom. The number of esters is 1. The fourth-order valence-corrected chi connectivity index (χ4v) is 4.68. The molecule has 122 valence electrons. The van der Waals surface area contributed by atoms with Crippen molar-refractivity contribution in [3.63, 3.8) is 0 Å². The predicted octanol–water partition coefficient (Wildman–Crippen LogP) is 2.30. The monoisotopic (exact) mass is 317 g/mol. The molecule has 3 unspecified atom stereocenters. The number of hydrogen-bond donors (Lipinski definition) is 0. The average Bonchev–Trinajstić information content (AvgIpc) is 2.96. The molecular formula is C16H19N3O4. The summed E-state index contributed by atoms with van der Waals surface area (Å²) in [4.78, 5) is 29.0. The van der Waals surface area contributed by atoms with Gasteiger partial charge in [-0.3, -0.25) is 14.9 Å². The number of hydrogen-bond acceptors (Lipinski definition) is 6. The molecule has 4 rings (SSSR count). The lowest BCUT2D eigenvalue weighted by molar-refractivity contribution is -0.385. The zero-order chi connectivity index (χ0) is 16.2. The summed E-state index contributed by atoms with van der Waals surface area (Å²) in [5.74, 6) is 0.726. The van der Waals surface area contributed by atoms with Gasteiger partial charge in [-0.05, 0) is 38.7 Å². The van der Waals surface area contributed by atoms with Crippen LogP contribution < -0.4 is 4.90 Å². The Bertz CT molecular complexity index is 662. The van der Waals surface area contributed by atoms with Gasteiger partial charge in [-0.2, -0.15) is 0 Å². The first-order chi connectivity index (χ1) is 11.1. The molecule has 4 atom stereocenters. The van der Waals surface area contributed by atoms with Crippen LogP contribution in [0.3, 0.4) is 0 Å². The van der Waals surface area contributed by atoms with Gasteiger partial charge in [0.05, 0.1) is 17.4 Å². The summed E-state index contributed by atoms with van der Waals surface area (Å²) in [5, 5.41) is 10.8. The van der Waals surface area contributed by atoms with E-state index in [1.54, 1.807) is 6.07 Å². The first kappa shape index (κ1) is 14.4. The van der Waals surface area contributed by atoms with Crippen molar-refractivity contribution in [3.8, 4) is 0 Å². The summed E-state index contributed by atoms with van der Waals surface area (Å²) < 4.78 is 5.20. The van der Waals surface area contributed by atoms with Crippen LogP contribution in [0.5, 0.6) is 0 Å².